The fraction of sp³-hybridized carbons (Fsp3) is 0.320. The second-order valence-corrected chi connectivity index (χ2v) is 12.2. The van der Waals surface area contributed by atoms with Crippen LogP contribution in [0.4, 0.5) is 21.0 Å². The molecule has 0 unspecified atom stereocenters. The maximum absolute atomic E-state index is 13.3. The molecule has 1 aromatic heterocycles. The average Bonchev–Trinajstić information content (AvgIpc) is 3.27. The molecular formula is C25H31N5O5S2. The van der Waals surface area contributed by atoms with Gasteiger partial charge in [-0.3, -0.25) is 5.32 Å². The first kappa shape index (κ1) is 28.1. The van der Waals surface area contributed by atoms with Crippen molar-refractivity contribution in [3.05, 3.63) is 48.7 Å². The standard InChI is InChI=1S/C25H31N5O5S2/c1-15(2)27-23(31)28-17-9-7-16(8-10-17)22-26-14-20(36-22)19-12-11-18(29-24(32)35-6)13-21(19)37(33,34)30-25(3,4)5/h7-15,30H,1-6H3,(H,29,32)(H2,27,28,31). The highest BCUT2D eigenvalue weighted by atomic mass is 32.2. The largest absolute Gasteiger partial charge is 0.453 e. The van der Waals surface area contributed by atoms with Crippen LogP contribution in [0.5, 0.6) is 0 Å². The number of thiazole rings is 1. The van der Waals surface area contributed by atoms with Gasteiger partial charge in [-0.05, 0) is 71.0 Å². The van der Waals surface area contributed by atoms with Gasteiger partial charge < -0.3 is 15.4 Å². The van der Waals surface area contributed by atoms with Crippen molar-refractivity contribution < 1.29 is 22.7 Å². The molecule has 0 atom stereocenters. The number of methoxy groups -OCH3 is 1. The van der Waals surface area contributed by atoms with Gasteiger partial charge in [0.25, 0.3) is 0 Å². The SMILES string of the molecule is COC(=O)Nc1ccc(-c2cnc(-c3ccc(NC(=O)NC(C)C)cc3)s2)c(S(=O)(=O)NC(C)(C)C)c1. The van der Waals surface area contributed by atoms with Crippen molar-refractivity contribution in [3.8, 4) is 21.0 Å². The average molecular weight is 546 g/mol. The number of hydrogen-bond donors (Lipinski definition) is 4. The highest BCUT2D eigenvalue weighted by molar-refractivity contribution is 7.89. The number of anilines is 2. The molecule has 3 amide bonds. The minimum atomic E-state index is -3.95. The van der Waals surface area contributed by atoms with E-state index in [-0.39, 0.29) is 22.7 Å². The number of aromatic nitrogens is 1. The second kappa shape index (κ2) is 11.3. The number of ether oxygens (including phenoxy) is 1. The molecule has 0 fully saturated rings. The van der Waals surface area contributed by atoms with E-state index in [1.165, 1.54) is 24.5 Å². The third-order valence-corrected chi connectivity index (χ3v) is 7.60. The van der Waals surface area contributed by atoms with Crippen LogP contribution in [-0.2, 0) is 14.8 Å². The summed E-state index contributed by atoms with van der Waals surface area (Å²) in [6.07, 6.45) is 0.903. The first-order chi connectivity index (χ1) is 17.3. The highest BCUT2D eigenvalue weighted by Crippen LogP contribution is 2.37. The van der Waals surface area contributed by atoms with E-state index in [0.29, 0.717) is 21.1 Å². The summed E-state index contributed by atoms with van der Waals surface area (Å²) < 4.78 is 33.9. The fourth-order valence-electron chi connectivity index (χ4n) is 3.31. The summed E-state index contributed by atoms with van der Waals surface area (Å²) in [4.78, 5) is 28.7. The highest BCUT2D eigenvalue weighted by Gasteiger charge is 2.26. The molecule has 0 bridgehead atoms. The van der Waals surface area contributed by atoms with E-state index in [9.17, 15) is 18.0 Å². The van der Waals surface area contributed by atoms with Gasteiger partial charge >= 0.3 is 12.1 Å². The van der Waals surface area contributed by atoms with Crippen LogP contribution in [0.3, 0.4) is 0 Å². The lowest BCUT2D eigenvalue weighted by Gasteiger charge is -2.22. The quantitative estimate of drug-likeness (QED) is 0.319. The number of hydrogen-bond acceptors (Lipinski definition) is 7. The van der Waals surface area contributed by atoms with Crippen molar-refractivity contribution in [2.24, 2.45) is 0 Å². The van der Waals surface area contributed by atoms with Crippen molar-refractivity contribution in [3.63, 3.8) is 0 Å². The van der Waals surface area contributed by atoms with E-state index in [1.54, 1.807) is 51.2 Å². The summed E-state index contributed by atoms with van der Waals surface area (Å²) in [6, 6.07) is 11.5. The molecule has 2 aromatic carbocycles. The molecule has 0 aliphatic heterocycles. The Labute approximate surface area is 220 Å². The van der Waals surface area contributed by atoms with E-state index >= 15 is 0 Å². The van der Waals surface area contributed by atoms with Gasteiger partial charge in [0.05, 0.1) is 16.9 Å². The van der Waals surface area contributed by atoms with Crippen LogP contribution < -0.4 is 20.7 Å². The Kier molecular flexibility index (Phi) is 8.57. The second-order valence-electron chi connectivity index (χ2n) is 9.54. The van der Waals surface area contributed by atoms with Crippen molar-refractivity contribution in [1.82, 2.24) is 15.0 Å². The molecule has 4 N–H and O–H groups in total. The zero-order valence-electron chi connectivity index (χ0n) is 21.5. The molecule has 12 heteroatoms. The smallest absolute Gasteiger partial charge is 0.411 e. The molecule has 0 aliphatic carbocycles. The monoisotopic (exact) mass is 545 g/mol. The van der Waals surface area contributed by atoms with Crippen LogP contribution in [0.25, 0.3) is 21.0 Å². The number of sulfonamides is 1. The molecule has 10 nitrogen and oxygen atoms in total. The molecule has 0 saturated carbocycles. The lowest BCUT2D eigenvalue weighted by molar-refractivity contribution is 0.187. The van der Waals surface area contributed by atoms with Gasteiger partial charge in [-0.2, -0.15) is 0 Å². The van der Waals surface area contributed by atoms with Gasteiger partial charge in [-0.1, -0.05) is 6.07 Å². The van der Waals surface area contributed by atoms with Gasteiger partial charge in [0.2, 0.25) is 10.0 Å². The summed E-state index contributed by atoms with van der Waals surface area (Å²) in [5, 5.41) is 8.72. The maximum Gasteiger partial charge on any atom is 0.411 e. The van der Waals surface area contributed by atoms with Gasteiger partial charge in [0.15, 0.2) is 0 Å². The molecule has 37 heavy (non-hydrogen) atoms. The van der Waals surface area contributed by atoms with Crippen molar-refractivity contribution in [2.45, 2.75) is 51.1 Å². The van der Waals surface area contributed by atoms with E-state index in [4.69, 9.17) is 0 Å². The lowest BCUT2D eigenvalue weighted by atomic mass is 10.1. The predicted octanol–water partition coefficient (Wildman–Crippen LogP) is 5.26. The number of nitrogens with one attached hydrogen (secondary N) is 4. The van der Waals surface area contributed by atoms with E-state index in [1.807, 2.05) is 26.0 Å². The van der Waals surface area contributed by atoms with E-state index in [0.717, 1.165) is 5.56 Å². The van der Waals surface area contributed by atoms with Gasteiger partial charge in [-0.25, -0.2) is 27.7 Å². The summed E-state index contributed by atoms with van der Waals surface area (Å²) in [5.41, 5.74) is 1.45. The van der Waals surface area contributed by atoms with Crippen molar-refractivity contribution in [1.29, 1.82) is 0 Å². The molecule has 0 radical (unpaired) electrons. The summed E-state index contributed by atoms with van der Waals surface area (Å²) in [7, 11) is -2.73. The maximum atomic E-state index is 13.3. The third kappa shape index (κ3) is 7.75. The molecule has 0 aliphatic rings. The zero-order chi connectivity index (χ0) is 27.4. The van der Waals surface area contributed by atoms with Gasteiger partial charge in [-0.15, -0.1) is 11.3 Å². The Hall–Kier alpha value is -3.48. The molecule has 3 aromatic rings. The van der Waals surface area contributed by atoms with Crippen LogP contribution in [0.1, 0.15) is 34.6 Å². The Balaban J connectivity index is 1.94. The van der Waals surface area contributed by atoms with Crippen LogP contribution in [0.2, 0.25) is 0 Å². The number of carbonyl (C=O) groups is 2. The first-order valence-electron chi connectivity index (χ1n) is 11.4. The first-order valence-corrected chi connectivity index (χ1v) is 13.7. The molecule has 3 rings (SSSR count). The lowest BCUT2D eigenvalue weighted by Crippen LogP contribution is -2.40. The predicted molar refractivity (Wildman–Crippen MR) is 146 cm³/mol. The summed E-state index contributed by atoms with van der Waals surface area (Å²) in [6.45, 7) is 8.99. The molecule has 1 heterocycles. The number of rotatable bonds is 7. The normalized spacial score (nSPS) is 11.8. The minimum Gasteiger partial charge on any atom is -0.453 e. The van der Waals surface area contributed by atoms with Gasteiger partial charge in [0, 0.05) is 40.3 Å². The summed E-state index contributed by atoms with van der Waals surface area (Å²) in [5.74, 6) is 0. The fourth-order valence-corrected chi connectivity index (χ4v) is 6.00. The van der Waals surface area contributed by atoms with E-state index < -0.39 is 21.7 Å². The Morgan fingerprint density at radius 3 is 2.24 bits per heavy atom. The van der Waals surface area contributed by atoms with Crippen LogP contribution in [-0.4, -0.2) is 44.2 Å². The van der Waals surface area contributed by atoms with Crippen molar-refractivity contribution in [2.75, 3.05) is 17.7 Å². The Bertz CT molecular complexity index is 1380. The van der Waals surface area contributed by atoms with Gasteiger partial charge in [0.1, 0.15) is 5.01 Å². The van der Waals surface area contributed by atoms with Crippen LogP contribution in [0, 0.1) is 0 Å². The number of carbonyl (C=O) groups excluding carboxylic acids is 2. The number of amides is 3. The Morgan fingerprint density at radius 2 is 1.65 bits per heavy atom. The number of nitrogens with zero attached hydrogens (tertiary/aromatic N) is 1. The van der Waals surface area contributed by atoms with Crippen LogP contribution >= 0.6 is 11.3 Å². The third-order valence-electron chi connectivity index (χ3n) is 4.72. The summed E-state index contributed by atoms with van der Waals surface area (Å²) >= 11 is 1.32. The minimum absolute atomic E-state index is 0.00207. The Morgan fingerprint density at radius 1 is 1.00 bits per heavy atom. The van der Waals surface area contributed by atoms with Crippen LogP contribution in [0.15, 0.2) is 53.6 Å². The number of urea groups is 1. The topological polar surface area (TPSA) is 139 Å². The molecular weight excluding hydrogens is 514 g/mol. The number of benzene rings is 2. The zero-order valence-corrected chi connectivity index (χ0v) is 23.1. The molecule has 0 saturated heterocycles. The molecule has 0 spiro atoms. The van der Waals surface area contributed by atoms with Crippen molar-refractivity contribution >= 4 is 44.9 Å². The molecule has 198 valence electrons. The van der Waals surface area contributed by atoms with E-state index in [2.05, 4.69) is 30.4 Å².